The van der Waals surface area contributed by atoms with Gasteiger partial charge in [-0.15, -0.1) is 0 Å². The minimum absolute atomic E-state index is 0.0254. The van der Waals surface area contributed by atoms with E-state index in [0.717, 1.165) is 25.7 Å². The van der Waals surface area contributed by atoms with Crippen molar-refractivity contribution in [3.8, 4) is 5.75 Å². The van der Waals surface area contributed by atoms with Gasteiger partial charge < -0.3 is 30.1 Å². The molecule has 210 valence electrons. The molecular formula is C29H48FN3O4. The number of benzene rings is 1. The number of rotatable bonds is 16. The number of ether oxygens (including phenoxy) is 2. The zero-order valence-electron chi connectivity index (χ0n) is 23.2. The number of likely N-dealkylation sites (N-methyl/N-ethyl adjacent to an activating group) is 1. The van der Waals surface area contributed by atoms with Gasteiger partial charge in [0, 0.05) is 50.4 Å². The molecule has 1 aliphatic rings. The van der Waals surface area contributed by atoms with Gasteiger partial charge >= 0.3 is 6.03 Å². The highest BCUT2D eigenvalue weighted by molar-refractivity contribution is 5.74. The van der Waals surface area contributed by atoms with E-state index in [-0.39, 0.29) is 24.6 Å². The average molecular weight is 522 g/mol. The highest BCUT2D eigenvalue weighted by Crippen LogP contribution is 2.43. The summed E-state index contributed by atoms with van der Waals surface area (Å²) < 4.78 is 25.8. The third-order valence-electron chi connectivity index (χ3n) is 6.98. The Morgan fingerprint density at radius 2 is 2.16 bits per heavy atom. The summed E-state index contributed by atoms with van der Waals surface area (Å²) in [4.78, 5) is 15.1. The summed E-state index contributed by atoms with van der Waals surface area (Å²) in [5, 5.41) is 18.6. The molecular weight excluding hydrogens is 473 g/mol. The monoisotopic (exact) mass is 521 g/mol. The van der Waals surface area contributed by atoms with Gasteiger partial charge in [0.25, 0.3) is 0 Å². The van der Waals surface area contributed by atoms with Crippen molar-refractivity contribution in [3.63, 3.8) is 0 Å². The van der Waals surface area contributed by atoms with Crippen molar-refractivity contribution >= 4 is 6.03 Å². The van der Waals surface area contributed by atoms with E-state index in [1.807, 2.05) is 14.0 Å². The lowest BCUT2D eigenvalue weighted by Gasteiger charge is -2.43. The van der Waals surface area contributed by atoms with Gasteiger partial charge in [0.15, 0.2) is 0 Å². The van der Waals surface area contributed by atoms with Gasteiger partial charge in [-0.05, 0) is 76.6 Å². The second-order valence-corrected chi connectivity index (χ2v) is 10.4. The largest absolute Gasteiger partial charge is 0.489 e. The molecule has 1 aromatic rings. The maximum atomic E-state index is 14.5. The summed E-state index contributed by atoms with van der Waals surface area (Å²) in [6.45, 7) is 13.2. The summed E-state index contributed by atoms with van der Waals surface area (Å²) >= 11 is 0. The zero-order chi connectivity index (χ0) is 27.3. The molecule has 7 nitrogen and oxygen atoms in total. The number of nitrogens with zero attached hydrogens (tertiary/aromatic N) is 1. The Balaban J connectivity index is 2.29. The van der Waals surface area contributed by atoms with Crippen LogP contribution in [0.1, 0.15) is 64.9 Å². The van der Waals surface area contributed by atoms with Crippen LogP contribution in [0.5, 0.6) is 5.75 Å². The molecule has 2 amide bonds. The van der Waals surface area contributed by atoms with Gasteiger partial charge in [0.05, 0.1) is 5.60 Å². The molecule has 1 heterocycles. The quantitative estimate of drug-likeness (QED) is 0.214. The van der Waals surface area contributed by atoms with Crippen LogP contribution in [0.4, 0.5) is 9.18 Å². The van der Waals surface area contributed by atoms with Gasteiger partial charge in [0.2, 0.25) is 0 Å². The van der Waals surface area contributed by atoms with E-state index in [0.29, 0.717) is 62.9 Å². The predicted octanol–water partition coefficient (Wildman–Crippen LogP) is 4.84. The number of carbonyl (C=O) groups is 1. The number of piperidine rings is 1. The second kappa shape index (κ2) is 15.9. The van der Waals surface area contributed by atoms with Gasteiger partial charge in [-0.3, -0.25) is 0 Å². The summed E-state index contributed by atoms with van der Waals surface area (Å²) in [6, 6.07) is 4.20. The fraction of sp³-hybridized carbons (Fsp3) is 0.690. The number of unbranched alkanes of at least 4 members (excludes halogenated alkanes) is 1. The Labute approximate surface area is 222 Å². The minimum atomic E-state index is -1.36. The van der Waals surface area contributed by atoms with Gasteiger partial charge in [-0.2, -0.15) is 0 Å². The van der Waals surface area contributed by atoms with Crippen LogP contribution < -0.4 is 15.4 Å². The van der Waals surface area contributed by atoms with Crippen molar-refractivity contribution in [2.45, 2.75) is 70.9 Å². The molecule has 0 saturated carbocycles. The summed E-state index contributed by atoms with van der Waals surface area (Å²) in [5.74, 6) is 0.209. The van der Waals surface area contributed by atoms with Gasteiger partial charge in [-0.1, -0.05) is 26.5 Å². The third-order valence-corrected chi connectivity index (χ3v) is 6.98. The van der Waals surface area contributed by atoms with Crippen molar-refractivity contribution in [2.75, 3.05) is 46.5 Å². The normalized spacial score (nSPS) is 18.4. The van der Waals surface area contributed by atoms with Crippen LogP contribution in [0.25, 0.3) is 0 Å². The molecule has 1 fully saturated rings. The molecule has 0 bridgehead atoms. The Morgan fingerprint density at radius 1 is 1.38 bits per heavy atom. The first kappa shape index (κ1) is 31.1. The first-order valence-electron chi connectivity index (χ1n) is 13.8. The SMILES string of the molecule is C=CCOc1ccc(F)cc1C(O)(CCCCOCC)C1CCCN(C(=O)NC(CNC)CC(C)C)C1. The van der Waals surface area contributed by atoms with Crippen molar-refractivity contribution in [3.05, 3.63) is 42.2 Å². The smallest absolute Gasteiger partial charge is 0.317 e. The third kappa shape index (κ3) is 9.58. The van der Waals surface area contributed by atoms with Crippen LogP contribution >= 0.6 is 0 Å². The molecule has 0 aromatic heterocycles. The van der Waals surface area contributed by atoms with Crippen LogP contribution in [0.15, 0.2) is 30.9 Å². The maximum Gasteiger partial charge on any atom is 0.317 e. The predicted molar refractivity (Wildman–Crippen MR) is 146 cm³/mol. The van der Waals surface area contributed by atoms with Crippen molar-refractivity contribution in [1.82, 2.24) is 15.5 Å². The molecule has 8 heteroatoms. The van der Waals surface area contributed by atoms with Crippen molar-refractivity contribution in [2.24, 2.45) is 11.8 Å². The van der Waals surface area contributed by atoms with E-state index in [1.54, 1.807) is 17.0 Å². The first-order chi connectivity index (χ1) is 17.7. The number of amides is 2. The van der Waals surface area contributed by atoms with Gasteiger partial charge in [0.1, 0.15) is 18.2 Å². The van der Waals surface area contributed by atoms with Crippen LogP contribution in [0.3, 0.4) is 0 Å². The van der Waals surface area contributed by atoms with Crippen LogP contribution in [-0.4, -0.2) is 68.6 Å². The molecule has 0 aliphatic carbocycles. The molecule has 1 saturated heterocycles. The maximum absolute atomic E-state index is 14.5. The number of hydrogen-bond donors (Lipinski definition) is 3. The lowest BCUT2D eigenvalue weighted by molar-refractivity contribution is -0.0582. The molecule has 0 radical (unpaired) electrons. The molecule has 1 aliphatic heterocycles. The standard InChI is InChI=1S/C29H48FN3O4/c1-6-16-37-27-13-12-24(30)19-26(27)29(35,14-8-9-17-36-7-2)23-11-10-15-33(21-23)28(34)32-25(20-31-5)18-22(3)4/h6,12-13,19,22-23,25,31,35H,1,7-11,14-18,20-21H2,2-5H3,(H,32,34). The average Bonchev–Trinajstić information content (AvgIpc) is 2.87. The van der Waals surface area contributed by atoms with E-state index < -0.39 is 11.4 Å². The van der Waals surface area contributed by atoms with E-state index >= 15 is 0 Å². The van der Waals surface area contributed by atoms with Crippen LogP contribution in [-0.2, 0) is 10.3 Å². The summed E-state index contributed by atoms with van der Waals surface area (Å²) in [7, 11) is 1.88. The van der Waals surface area contributed by atoms with E-state index in [4.69, 9.17) is 9.47 Å². The number of halogens is 1. The molecule has 3 atom stereocenters. The second-order valence-electron chi connectivity index (χ2n) is 10.4. The molecule has 3 N–H and O–H groups in total. The topological polar surface area (TPSA) is 83.1 Å². The lowest BCUT2D eigenvalue weighted by atomic mass is 9.73. The van der Waals surface area contributed by atoms with E-state index in [1.165, 1.54) is 12.1 Å². The number of aliphatic hydroxyl groups is 1. The fourth-order valence-corrected chi connectivity index (χ4v) is 5.24. The number of nitrogens with one attached hydrogen (secondary N) is 2. The molecule has 1 aromatic carbocycles. The Bertz CT molecular complexity index is 837. The molecule has 0 spiro atoms. The molecule has 2 rings (SSSR count). The van der Waals surface area contributed by atoms with E-state index in [9.17, 15) is 14.3 Å². The van der Waals surface area contributed by atoms with E-state index in [2.05, 4.69) is 31.1 Å². The number of urea groups is 1. The highest BCUT2D eigenvalue weighted by Gasteiger charge is 2.43. The summed E-state index contributed by atoms with van der Waals surface area (Å²) in [5.41, 5.74) is -0.919. The number of carbonyl (C=O) groups excluding carboxylic acids is 1. The van der Waals surface area contributed by atoms with Crippen molar-refractivity contribution in [1.29, 1.82) is 0 Å². The molecule has 37 heavy (non-hydrogen) atoms. The number of hydrogen-bond acceptors (Lipinski definition) is 5. The van der Waals surface area contributed by atoms with Gasteiger partial charge in [-0.25, -0.2) is 9.18 Å². The Kier molecular flexibility index (Phi) is 13.4. The summed E-state index contributed by atoms with van der Waals surface area (Å²) in [6.07, 6.45) is 5.90. The van der Waals surface area contributed by atoms with Crippen LogP contribution in [0.2, 0.25) is 0 Å². The van der Waals surface area contributed by atoms with Crippen molar-refractivity contribution < 1.29 is 23.8 Å². The Morgan fingerprint density at radius 3 is 2.84 bits per heavy atom. The zero-order valence-corrected chi connectivity index (χ0v) is 23.2. The lowest BCUT2D eigenvalue weighted by Crippen LogP contribution is -2.54. The fourth-order valence-electron chi connectivity index (χ4n) is 5.24. The van der Waals surface area contributed by atoms with Crippen LogP contribution in [0, 0.1) is 17.7 Å². The number of likely N-dealkylation sites (tertiary alicyclic amines) is 1. The Hall–Kier alpha value is -2.16. The minimum Gasteiger partial charge on any atom is -0.489 e. The molecule has 3 unspecified atom stereocenters. The first-order valence-corrected chi connectivity index (χ1v) is 13.8. The highest BCUT2D eigenvalue weighted by atomic mass is 19.1.